The van der Waals surface area contributed by atoms with Gasteiger partial charge in [0.25, 0.3) is 0 Å². The topological polar surface area (TPSA) is 39.9 Å². The maximum Gasteiger partial charge on any atom is 0.195 e. The molecule has 3 aromatic rings. The van der Waals surface area contributed by atoms with Crippen molar-refractivity contribution in [2.45, 2.75) is 11.6 Å². The van der Waals surface area contributed by atoms with Crippen molar-refractivity contribution in [3.8, 4) is 11.4 Å². The van der Waals surface area contributed by atoms with Crippen LogP contribution in [0.3, 0.4) is 0 Å². The molecular weight excluding hydrogens is 294 g/mol. The van der Waals surface area contributed by atoms with Gasteiger partial charge < -0.3 is 4.74 Å². The average molecular weight is 311 g/mol. The summed E-state index contributed by atoms with van der Waals surface area (Å²) in [6.07, 6.45) is 2.76. The van der Waals surface area contributed by atoms with Gasteiger partial charge in [-0.1, -0.05) is 42.1 Å². The van der Waals surface area contributed by atoms with Crippen LogP contribution in [-0.4, -0.2) is 28.1 Å². The second-order valence-electron chi connectivity index (χ2n) is 4.80. The minimum Gasteiger partial charge on any atom is -0.497 e. The van der Waals surface area contributed by atoms with Crippen LogP contribution < -0.4 is 4.74 Å². The van der Waals surface area contributed by atoms with E-state index in [2.05, 4.69) is 26.9 Å². The number of methoxy groups -OCH3 is 1. The quantitative estimate of drug-likeness (QED) is 0.675. The van der Waals surface area contributed by atoms with E-state index in [4.69, 9.17) is 4.74 Å². The molecule has 3 rings (SSSR count). The number of hydrogen-bond donors (Lipinski definition) is 0. The van der Waals surface area contributed by atoms with Gasteiger partial charge in [-0.15, -0.1) is 10.2 Å². The zero-order valence-electron chi connectivity index (χ0n) is 12.6. The Hall–Kier alpha value is -2.27. The summed E-state index contributed by atoms with van der Waals surface area (Å²) in [5, 5.41) is 9.54. The molecule has 0 spiro atoms. The SMILES string of the molecule is COc1ccc(-n2c(Cc3ccccc3)nnc2SC)cc1. The second-order valence-corrected chi connectivity index (χ2v) is 5.57. The van der Waals surface area contributed by atoms with Crippen molar-refractivity contribution < 1.29 is 4.74 Å². The molecule has 22 heavy (non-hydrogen) atoms. The molecule has 0 N–H and O–H groups in total. The normalized spacial score (nSPS) is 10.6. The fraction of sp³-hybridized carbons (Fsp3) is 0.176. The first-order chi connectivity index (χ1) is 10.8. The highest BCUT2D eigenvalue weighted by Gasteiger charge is 2.13. The molecule has 0 fully saturated rings. The Balaban J connectivity index is 1.99. The minimum absolute atomic E-state index is 0.750. The zero-order valence-corrected chi connectivity index (χ0v) is 13.4. The number of ether oxygens (including phenoxy) is 1. The van der Waals surface area contributed by atoms with Gasteiger partial charge in [0, 0.05) is 12.1 Å². The third-order valence-corrected chi connectivity index (χ3v) is 4.05. The van der Waals surface area contributed by atoms with Crippen LogP contribution in [-0.2, 0) is 6.42 Å². The van der Waals surface area contributed by atoms with Crippen LogP contribution in [0.15, 0.2) is 59.8 Å². The van der Waals surface area contributed by atoms with Crippen molar-refractivity contribution in [1.29, 1.82) is 0 Å². The lowest BCUT2D eigenvalue weighted by atomic mass is 10.1. The van der Waals surface area contributed by atoms with Crippen LogP contribution in [0.25, 0.3) is 5.69 Å². The van der Waals surface area contributed by atoms with Crippen molar-refractivity contribution in [2.24, 2.45) is 0 Å². The van der Waals surface area contributed by atoms with Gasteiger partial charge in [-0.25, -0.2) is 0 Å². The molecule has 0 radical (unpaired) electrons. The van der Waals surface area contributed by atoms with Crippen LogP contribution in [0.5, 0.6) is 5.75 Å². The summed E-state index contributed by atoms with van der Waals surface area (Å²) in [4.78, 5) is 0. The lowest BCUT2D eigenvalue weighted by Crippen LogP contribution is -2.03. The molecule has 1 heterocycles. The standard InChI is InChI=1S/C17H17N3OS/c1-21-15-10-8-14(9-11-15)20-16(18-19-17(20)22-2)12-13-6-4-3-5-7-13/h3-11H,12H2,1-2H3. The molecule has 0 saturated heterocycles. The van der Waals surface area contributed by atoms with Gasteiger partial charge in [-0.2, -0.15) is 0 Å². The molecule has 5 heteroatoms. The van der Waals surface area contributed by atoms with Gasteiger partial charge in [0.05, 0.1) is 7.11 Å². The first kappa shape index (κ1) is 14.7. The fourth-order valence-electron chi connectivity index (χ4n) is 2.32. The minimum atomic E-state index is 0.750. The number of nitrogens with zero attached hydrogens (tertiary/aromatic N) is 3. The average Bonchev–Trinajstić information content (AvgIpc) is 2.98. The maximum atomic E-state index is 5.22. The van der Waals surface area contributed by atoms with E-state index >= 15 is 0 Å². The second kappa shape index (κ2) is 6.66. The third kappa shape index (κ3) is 2.99. The summed E-state index contributed by atoms with van der Waals surface area (Å²) in [5.74, 6) is 1.77. The van der Waals surface area contributed by atoms with Gasteiger partial charge in [0.2, 0.25) is 0 Å². The zero-order chi connectivity index (χ0) is 15.4. The number of rotatable bonds is 5. The molecule has 0 aliphatic heterocycles. The van der Waals surface area contributed by atoms with Gasteiger partial charge >= 0.3 is 0 Å². The molecule has 0 unspecified atom stereocenters. The number of benzene rings is 2. The molecule has 0 atom stereocenters. The molecule has 4 nitrogen and oxygen atoms in total. The van der Waals surface area contributed by atoms with Crippen LogP contribution in [0.2, 0.25) is 0 Å². The van der Waals surface area contributed by atoms with Gasteiger partial charge in [0.15, 0.2) is 5.16 Å². The highest BCUT2D eigenvalue weighted by molar-refractivity contribution is 7.98. The molecule has 2 aromatic carbocycles. The highest BCUT2D eigenvalue weighted by Crippen LogP contribution is 2.23. The smallest absolute Gasteiger partial charge is 0.195 e. The Morgan fingerprint density at radius 1 is 1.00 bits per heavy atom. The Labute approximate surface area is 134 Å². The molecule has 0 amide bonds. The van der Waals surface area contributed by atoms with Crippen LogP contribution in [0.4, 0.5) is 0 Å². The summed E-state index contributed by atoms with van der Waals surface area (Å²) >= 11 is 1.59. The van der Waals surface area contributed by atoms with Crippen LogP contribution in [0, 0.1) is 0 Å². The lowest BCUT2D eigenvalue weighted by molar-refractivity contribution is 0.414. The van der Waals surface area contributed by atoms with Crippen molar-refractivity contribution in [2.75, 3.05) is 13.4 Å². The van der Waals surface area contributed by atoms with E-state index < -0.39 is 0 Å². The summed E-state index contributed by atoms with van der Waals surface area (Å²) in [6.45, 7) is 0. The summed E-state index contributed by atoms with van der Waals surface area (Å²) in [7, 11) is 1.67. The largest absolute Gasteiger partial charge is 0.497 e. The van der Waals surface area contributed by atoms with Crippen LogP contribution >= 0.6 is 11.8 Å². The van der Waals surface area contributed by atoms with Gasteiger partial charge in [0.1, 0.15) is 11.6 Å². The number of hydrogen-bond acceptors (Lipinski definition) is 4. The van der Waals surface area contributed by atoms with E-state index in [1.807, 2.05) is 48.7 Å². The van der Waals surface area contributed by atoms with E-state index in [9.17, 15) is 0 Å². The van der Waals surface area contributed by atoms with Crippen molar-refractivity contribution in [3.05, 3.63) is 66.0 Å². The van der Waals surface area contributed by atoms with E-state index in [0.29, 0.717) is 0 Å². The fourth-order valence-corrected chi connectivity index (χ4v) is 2.83. The molecule has 0 saturated carbocycles. The molecule has 112 valence electrons. The van der Waals surface area contributed by atoms with E-state index in [-0.39, 0.29) is 0 Å². The third-order valence-electron chi connectivity index (χ3n) is 3.42. The van der Waals surface area contributed by atoms with Crippen molar-refractivity contribution in [1.82, 2.24) is 14.8 Å². The Morgan fingerprint density at radius 3 is 2.36 bits per heavy atom. The van der Waals surface area contributed by atoms with Crippen molar-refractivity contribution >= 4 is 11.8 Å². The first-order valence-electron chi connectivity index (χ1n) is 6.98. The first-order valence-corrected chi connectivity index (χ1v) is 8.21. The predicted molar refractivity (Wildman–Crippen MR) is 88.9 cm³/mol. The van der Waals surface area contributed by atoms with Gasteiger partial charge in [-0.3, -0.25) is 4.57 Å². The van der Waals surface area contributed by atoms with Crippen molar-refractivity contribution in [3.63, 3.8) is 0 Å². The Kier molecular flexibility index (Phi) is 4.44. The van der Waals surface area contributed by atoms with E-state index in [1.165, 1.54) is 5.56 Å². The number of thioether (sulfide) groups is 1. The maximum absolute atomic E-state index is 5.22. The lowest BCUT2D eigenvalue weighted by Gasteiger charge is -2.10. The Bertz CT molecular complexity index is 738. The molecule has 1 aromatic heterocycles. The van der Waals surface area contributed by atoms with Crippen LogP contribution in [0.1, 0.15) is 11.4 Å². The molecule has 0 bridgehead atoms. The summed E-state index contributed by atoms with van der Waals surface area (Å²) in [6, 6.07) is 18.3. The molecule has 0 aliphatic carbocycles. The van der Waals surface area contributed by atoms with E-state index in [0.717, 1.165) is 28.8 Å². The predicted octanol–water partition coefficient (Wildman–Crippen LogP) is 3.59. The molecular formula is C17H17N3OS. The number of aromatic nitrogens is 3. The summed E-state index contributed by atoms with van der Waals surface area (Å²) < 4.78 is 7.32. The molecule has 0 aliphatic rings. The Morgan fingerprint density at radius 2 is 1.73 bits per heavy atom. The highest BCUT2D eigenvalue weighted by atomic mass is 32.2. The monoisotopic (exact) mass is 311 g/mol. The summed E-state index contributed by atoms with van der Waals surface area (Å²) in [5.41, 5.74) is 2.26. The van der Waals surface area contributed by atoms with Gasteiger partial charge in [-0.05, 0) is 36.1 Å². The van der Waals surface area contributed by atoms with E-state index in [1.54, 1.807) is 18.9 Å².